The van der Waals surface area contributed by atoms with Crippen molar-refractivity contribution in [1.29, 1.82) is 0 Å². The van der Waals surface area contributed by atoms with Crippen LogP contribution in [-0.2, 0) is 21.4 Å². The van der Waals surface area contributed by atoms with E-state index in [1.165, 1.54) is 0 Å². The molecule has 0 atom stereocenters. The van der Waals surface area contributed by atoms with Gasteiger partial charge in [-0.15, -0.1) is 0 Å². The molecular formula is C22H19ClN2O2. The minimum Gasteiger partial charge on any atom is -0.273 e. The fourth-order valence-electron chi connectivity index (χ4n) is 3.47. The zero-order valence-electron chi connectivity index (χ0n) is 14.7. The van der Waals surface area contributed by atoms with E-state index >= 15 is 0 Å². The third-order valence-electron chi connectivity index (χ3n) is 5.11. The number of benzene rings is 3. The summed E-state index contributed by atoms with van der Waals surface area (Å²) in [4.78, 5) is 25.0. The molecule has 3 aromatic rings. The number of hydrogen-bond donors (Lipinski definition) is 2. The fourth-order valence-corrected chi connectivity index (χ4v) is 3.66. The molecule has 0 aliphatic heterocycles. The summed E-state index contributed by atoms with van der Waals surface area (Å²) >= 11 is 6.05. The van der Waals surface area contributed by atoms with Gasteiger partial charge in [-0.3, -0.25) is 20.4 Å². The third-order valence-corrected chi connectivity index (χ3v) is 5.34. The predicted octanol–water partition coefficient (Wildman–Crippen LogP) is 3.91. The van der Waals surface area contributed by atoms with Crippen molar-refractivity contribution in [3.8, 4) is 0 Å². The highest BCUT2D eigenvalue weighted by Crippen LogP contribution is 2.48. The van der Waals surface area contributed by atoms with Crippen LogP contribution in [0.15, 0.2) is 66.7 Å². The maximum Gasteiger partial charge on any atom is 0.249 e. The van der Waals surface area contributed by atoms with Crippen molar-refractivity contribution in [3.63, 3.8) is 0 Å². The maximum absolute atomic E-state index is 12.6. The molecular weight excluding hydrogens is 360 g/mol. The van der Waals surface area contributed by atoms with E-state index in [9.17, 15) is 9.59 Å². The van der Waals surface area contributed by atoms with Crippen molar-refractivity contribution in [2.45, 2.75) is 24.7 Å². The average Bonchev–Trinajstić information content (AvgIpc) is 3.49. The van der Waals surface area contributed by atoms with Gasteiger partial charge in [0.05, 0.1) is 11.8 Å². The highest BCUT2D eigenvalue weighted by molar-refractivity contribution is 6.30. The largest absolute Gasteiger partial charge is 0.273 e. The molecule has 1 aliphatic rings. The van der Waals surface area contributed by atoms with Crippen LogP contribution in [0.1, 0.15) is 24.0 Å². The summed E-state index contributed by atoms with van der Waals surface area (Å²) in [5.41, 5.74) is 6.37. The minimum atomic E-state index is -0.586. The number of hydrogen-bond acceptors (Lipinski definition) is 2. The first-order valence-electron chi connectivity index (χ1n) is 8.90. The van der Waals surface area contributed by atoms with Crippen LogP contribution in [0.4, 0.5) is 0 Å². The Morgan fingerprint density at radius 1 is 0.926 bits per heavy atom. The Bertz CT molecular complexity index is 1020. The van der Waals surface area contributed by atoms with E-state index in [0.29, 0.717) is 5.02 Å². The van der Waals surface area contributed by atoms with Crippen molar-refractivity contribution in [1.82, 2.24) is 10.9 Å². The Hall–Kier alpha value is -2.85. The third kappa shape index (κ3) is 3.53. The number of fused-ring (bicyclic) bond motifs is 1. The van der Waals surface area contributed by atoms with Crippen molar-refractivity contribution in [2.24, 2.45) is 0 Å². The molecule has 0 unspecified atom stereocenters. The molecule has 0 aromatic heterocycles. The standard InChI is InChI=1S/C22H19ClN2O2/c23-18-9-4-8-17(14-18)22(11-12-22)21(27)25-24-20(26)13-16-7-3-6-15-5-1-2-10-19(15)16/h1-10,14H,11-13H2,(H,24,26)(H,25,27). The van der Waals surface area contributed by atoms with Gasteiger partial charge in [0, 0.05) is 5.02 Å². The maximum atomic E-state index is 12.6. The molecule has 5 heteroatoms. The average molecular weight is 379 g/mol. The van der Waals surface area contributed by atoms with Crippen molar-refractivity contribution in [2.75, 3.05) is 0 Å². The molecule has 1 aliphatic carbocycles. The zero-order valence-corrected chi connectivity index (χ0v) is 15.4. The first-order valence-corrected chi connectivity index (χ1v) is 9.28. The lowest BCUT2D eigenvalue weighted by molar-refractivity contribution is -0.130. The van der Waals surface area contributed by atoms with Crippen LogP contribution in [0.25, 0.3) is 10.8 Å². The Balaban J connectivity index is 1.41. The number of carbonyl (C=O) groups is 2. The summed E-state index contributed by atoms with van der Waals surface area (Å²) in [5.74, 6) is -0.447. The summed E-state index contributed by atoms with van der Waals surface area (Å²) < 4.78 is 0. The van der Waals surface area contributed by atoms with Gasteiger partial charge >= 0.3 is 0 Å². The van der Waals surface area contributed by atoms with E-state index in [1.807, 2.05) is 60.7 Å². The van der Waals surface area contributed by atoms with Gasteiger partial charge < -0.3 is 0 Å². The normalized spacial score (nSPS) is 14.6. The highest BCUT2D eigenvalue weighted by Gasteiger charge is 2.51. The molecule has 2 N–H and O–H groups in total. The van der Waals surface area contributed by atoms with Gasteiger partial charge in [-0.1, -0.05) is 66.2 Å². The highest BCUT2D eigenvalue weighted by atomic mass is 35.5. The number of hydrazine groups is 1. The predicted molar refractivity (Wildman–Crippen MR) is 106 cm³/mol. The summed E-state index contributed by atoms with van der Waals surface area (Å²) in [6, 6.07) is 21.1. The summed E-state index contributed by atoms with van der Waals surface area (Å²) in [6.45, 7) is 0. The van der Waals surface area contributed by atoms with E-state index in [-0.39, 0.29) is 18.2 Å². The van der Waals surface area contributed by atoms with Crippen LogP contribution in [-0.4, -0.2) is 11.8 Å². The van der Waals surface area contributed by atoms with E-state index in [0.717, 1.165) is 34.7 Å². The zero-order chi connectivity index (χ0) is 18.9. The molecule has 0 radical (unpaired) electrons. The van der Waals surface area contributed by atoms with Crippen molar-refractivity contribution < 1.29 is 9.59 Å². The summed E-state index contributed by atoms with van der Waals surface area (Å²) in [7, 11) is 0. The van der Waals surface area contributed by atoms with Crippen LogP contribution in [0, 0.1) is 0 Å². The van der Waals surface area contributed by atoms with Crippen LogP contribution in [0.2, 0.25) is 5.02 Å². The van der Waals surface area contributed by atoms with E-state index in [4.69, 9.17) is 11.6 Å². The lowest BCUT2D eigenvalue weighted by atomic mass is 9.95. The van der Waals surface area contributed by atoms with Crippen molar-refractivity contribution in [3.05, 3.63) is 82.9 Å². The lowest BCUT2D eigenvalue weighted by Gasteiger charge is -2.16. The topological polar surface area (TPSA) is 58.2 Å². The monoisotopic (exact) mass is 378 g/mol. The van der Waals surface area contributed by atoms with Crippen LogP contribution in [0.5, 0.6) is 0 Å². The molecule has 2 amide bonds. The summed E-state index contributed by atoms with van der Waals surface area (Å²) in [5, 5.41) is 2.73. The van der Waals surface area contributed by atoms with Gasteiger partial charge in [0.25, 0.3) is 0 Å². The SMILES string of the molecule is O=C(Cc1cccc2ccccc12)NNC(=O)C1(c2cccc(Cl)c2)CC1. The first kappa shape index (κ1) is 17.6. The number of rotatable bonds is 4. The number of carbonyl (C=O) groups excluding carboxylic acids is 2. The molecule has 27 heavy (non-hydrogen) atoms. The molecule has 1 fully saturated rings. The lowest BCUT2D eigenvalue weighted by Crippen LogP contribution is -2.47. The number of nitrogens with one attached hydrogen (secondary N) is 2. The molecule has 0 saturated heterocycles. The molecule has 1 saturated carbocycles. The Morgan fingerprint density at radius 2 is 1.67 bits per heavy atom. The Labute approximate surface area is 162 Å². The molecule has 0 spiro atoms. The van der Waals surface area contributed by atoms with Crippen molar-refractivity contribution >= 4 is 34.2 Å². The molecule has 4 nitrogen and oxygen atoms in total. The van der Waals surface area contributed by atoms with Gasteiger partial charge in [0.1, 0.15) is 0 Å². The molecule has 0 heterocycles. The second kappa shape index (κ2) is 7.05. The van der Waals surface area contributed by atoms with Gasteiger partial charge in [-0.25, -0.2) is 0 Å². The van der Waals surface area contributed by atoms with Crippen LogP contribution >= 0.6 is 11.6 Å². The van der Waals surface area contributed by atoms with Gasteiger partial charge in [0.2, 0.25) is 11.8 Å². The van der Waals surface area contributed by atoms with E-state index < -0.39 is 5.41 Å². The molecule has 136 valence electrons. The Kier molecular flexibility index (Phi) is 4.58. The number of amides is 2. The van der Waals surface area contributed by atoms with Gasteiger partial charge in [-0.05, 0) is 46.9 Å². The number of halogens is 1. The second-order valence-electron chi connectivity index (χ2n) is 6.91. The fraction of sp³-hybridized carbons (Fsp3) is 0.182. The Morgan fingerprint density at radius 3 is 2.44 bits per heavy atom. The summed E-state index contributed by atoms with van der Waals surface area (Å²) in [6.07, 6.45) is 1.70. The first-order chi connectivity index (χ1) is 13.1. The van der Waals surface area contributed by atoms with E-state index in [2.05, 4.69) is 10.9 Å². The van der Waals surface area contributed by atoms with Gasteiger partial charge in [0.15, 0.2) is 0 Å². The van der Waals surface area contributed by atoms with Crippen LogP contribution in [0.3, 0.4) is 0 Å². The quantitative estimate of drug-likeness (QED) is 0.676. The minimum absolute atomic E-state index is 0.198. The molecule has 0 bridgehead atoms. The van der Waals surface area contributed by atoms with E-state index in [1.54, 1.807) is 6.07 Å². The van der Waals surface area contributed by atoms with Gasteiger partial charge in [-0.2, -0.15) is 0 Å². The van der Waals surface area contributed by atoms with Crippen LogP contribution < -0.4 is 10.9 Å². The molecule has 3 aromatic carbocycles. The molecule has 4 rings (SSSR count). The smallest absolute Gasteiger partial charge is 0.249 e. The second-order valence-corrected chi connectivity index (χ2v) is 7.35.